The van der Waals surface area contributed by atoms with Crippen molar-refractivity contribution in [3.05, 3.63) is 58.9 Å². The third-order valence-electron chi connectivity index (χ3n) is 3.20. The summed E-state index contributed by atoms with van der Waals surface area (Å²) in [4.78, 5) is 0. The number of rotatable bonds is 6. The SMILES string of the molecule is CCC(CNc1ccc(F)c(Cl)c1)Oc1cccc(C)c1. The van der Waals surface area contributed by atoms with E-state index in [1.807, 2.05) is 31.2 Å². The maximum atomic E-state index is 13.1. The summed E-state index contributed by atoms with van der Waals surface area (Å²) in [5, 5.41) is 3.34. The van der Waals surface area contributed by atoms with Gasteiger partial charge in [0.25, 0.3) is 0 Å². The normalized spacial score (nSPS) is 12.0. The van der Waals surface area contributed by atoms with Gasteiger partial charge in [-0.05, 0) is 49.2 Å². The molecule has 2 aromatic rings. The van der Waals surface area contributed by atoms with Crippen molar-refractivity contribution in [1.29, 1.82) is 0 Å². The summed E-state index contributed by atoms with van der Waals surface area (Å²) >= 11 is 5.76. The molecule has 0 fully saturated rings. The summed E-state index contributed by atoms with van der Waals surface area (Å²) in [6.07, 6.45) is 0.909. The van der Waals surface area contributed by atoms with E-state index < -0.39 is 5.82 Å². The number of anilines is 1. The molecule has 2 aromatic carbocycles. The Morgan fingerprint density at radius 1 is 1.24 bits per heavy atom. The van der Waals surface area contributed by atoms with E-state index in [4.69, 9.17) is 16.3 Å². The lowest BCUT2D eigenvalue weighted by Gasteiger charge is -2.19. The lowest BCUT2D eigenvalue weighted by molar-refractivity contribution is 0.210. The Kier molecular flexibility index (Phi) is 5.45. The molecule has 0 aliphatic carbocycles. The van der Waals surface area contributed by atoms with E-state index in [2.05, 4.69) is 12.2 Å². The molecule has 4 heteroatoms. The van der Waals surface area contributed by atoms with Crippen LogP contribution in [0.5, 0.6) is 5.75 Å². The highest BCUT2D eigenvalue weighted by molar-refractivity contribution is 6.31. The first-order valence-electron chi connectivity index (χ1n) is 7.00. The number of aryl methyl sites for hydroxylation is 1. The predicted molar refractivity (Wildman–Crippen MR) is 85.8 cm³/mol. The summed E-state index contributed by atoms with van der Waals surface area (Å²) in [6, 6.07) is 12.6. The largest absolute Gasteiger partial charge is 0.489 e. The second kappa shape index (κ2) is 7.32. The quantitative estimate of drug-likeness (QED) is 0.805. The Hall–Kier alpha value is -1.74. The van der Waals surface area contributed by atoms with E-state index >= 15 is 0 Å². The fraction of sp³-hybridized carbons (Fsp3) is 0.294. The monoisotopic (exact) mass is 307 g/mol. The molecule has 0 bridgehead atoms. The fourth-order valence-corrected chi connectivity index (χ4v) is 2.17. The zero-order valence-electron chi connectivity index (χ0n) is 12.2. The summed E-state index contributed by atoms with van der Waals surface area (Å²) < 4.78 is 19.1. The Morgan fingerprint density at radius 2 is 2.05 bits per heavy atom. The minimum Gasteiger partial charge on any atom is -0.489 e. The van der Waals surface area contributed by atoms with Gasteiger partial charge in [-0.25, -0.2) is 4.39 Å². The molecule has 1 N–H and O–H groups in total. The van der Waals surface area contributed by atoms with Crippen molar-refractivity contribution in [3.8, 4) is 5.75 Å². The molecule has 0 radical (unpaired) electrons. The molecule has 0 aromatic heterocycles. The van der Waals surface area contributed by atoms with Crippen molar-refractivity contribution in [2.75, 3.05) is 11.9 Å². The molecule has 0 aliphatic heterocycles. The number of hydrogen-bond donors (Lipinski definition) is 1. The highest BCUT2D eigenvalue weighted by Gasteiger charge is 2.09. The molecule has 0 spiro atoms. The van der Waals surface area contributed by atoms with Gasteiger partial charge in [0.15, 0.2) is 0 Å². The van der Waals surface area contributed by atoms with Crippen LogP contribution >= 0.6 is 11.6 Å². The van der Waals surface area contributed by atoms with Crippen molar-refractivity contribution in [3.63, 3.8) is 0 Å². The van der Waals surface area contributed by atoms with Gasteiger partial charge in [-0.1, -0.05) is 30.7 Å². The van der Waals surface area contributed by atoms with Crippen LogP contribution in [0.25, 0.3) is 0 Å². The summed E-state index contributed by atoms with van der Waals surface area (Å²) in [7, 11) is 0. The zero-order chi connectivity index (χ0) is 15.2. The first kappa shape index (κ1) is 15.6. The second-order valence-corrected chi connectivity index (χ2v) is 5.38. The van der Waals surface area contributed by atoms with E-state index in [0.717, 1.165) is 17.9 Å². The predicted octanol–water partition coefficient (Wildman–Crippen LogP) is 5.06. The minimum atomic E-state index is -0.412. The van der Waals surface area contributed by atoms with E-state index in [1.54, 1.807) is 12.1 Å². The Morgan fingerprint density at radius 3 is 2.71 bits per heavy atom. The van der Waals surface area contributed by atoms with Gasteiger partial charge in [0.2, 0.25) is 0 Å². The molecule has 0 amide bonds. The van der Waals surface area contributed by atoms with Crippen molar-refractivity contribution >= 4 is 17.3 Å². The van der Waals surface area contributed by atoms with Crippen LogP contribution < -0.4 is 10.1 Å². The molecular weight excluding hydrogens is 289 g/mol. The molecule has 0 saturated carbocycles. The molecule has 1 atom stereocenters. The summed E-state index contributed by atoms with van der Waals surface area (Å²) in [6.45, 7) is 4.73. The highest BCUT2D eigenvalue weighted by Crippen LogP contribution is 2.20. The zero-order valence-corrected chi connectivity index (χ0v) is 13.0. The molecule has 0 heterocycles. The van der Waals surface area contributed by atoms with E-state index in [1.165, 1.54) is 11.6 Å². The van der Waals surface area contributed by atoms with Gasteiger partial charge in [0.05, 0.1) is 11.6 Å². The number of hydrogen-bond acceptors (Lipinski definition) is 2. The lowest BCUT2D eigenvalue weighted by Crippen LogP contribution is -2.25. The molecule has 2 rings (SSSR count). The molecule has 21 heavy (non-hydrogen) atoms. The van der Waals surface area contributed by atoms with E-state index in [-0.39, 0.29) is 11.1 Å². The average Bonchev–Trinajstić information content (AvgIpc) is 2.47. The number of nitrogens with one attached hydrogen (secondary N) is 1. The fourth-order valence-electron chi connectivity index (χ4n) is 1.99. The van der Waals surface area contributed by atoms with Crippen LogP contribution in [0.15, 0.2) is 42.5 Å². The van der Waals surface area contributed by atoms with Crippen LogP contribution in [-0.4, -0.2) is 12.6 Å². The lowest BCUT2D eigenvalue weighted by atomic mass is 10.2. The van der Waals surface area contributed by atoms with E-state index in [0.29, 0.717) is 6.54 Å². The summed E-state index contributed by atoms with van der Waals surface area (Å²) in [5.74, 6) is 0.450. The van der Waals surface area contributed by atoms with Crippen LogP contribution in [0.3, 0.4) is 0 Å². The average molecular weight is 308 g/mol. The Labute approximate surface area is 129 Å². The third kappa shape index (κ3) is 4.64. The first-order valence-corrected chi connectivity index (χ1v) is 7.38. The van der Waals surface area contributed by atoms with Crippen LogP contribution in [0.1, 0.15) is 18.9 Å². The Bertz CT molecular complexity index is 603. The van der Waals surface area contributed by atoms with Gasteiger partial charge in [-0.3, -0.25) is 0 Å². The smallest absolute Gasteiger partial charge is 0.141 e. The number of halogens is 2. The molecule has 0 aliphatic rings. The maximum absolute atomic E-state index is 13.1. The van der Waals surface area contributed by atoms with Crippen molar-refractivity contribution in [2.24, 2.45) is 0 Å². The molecule has 112 valence electrons. The van der Waals surface area contributed by atoms with Gasteiger partial charge >= 0.3 is 0 Å². The first-order chi connectivity index (χ1) is 10.1. The second-order valence-electron chi connectivity index (χ2n) is 4.97. The molecule has 1 unspecified atom stereocenters. The number of benzene rings is 2. The highest BCUT2D eigenvalue weighted by atomic mass is 35.5. The van der Waals surface area contributed by atoms with Crippen LogP contribution in [-0.2, 0) is 0 Å². The van der Waals surface area contributed by atoms with Gasteiger partial charge in [-0.15, -0.1) is 0 Å². The van der Waals surface area contributed by atoms with Gasteiger partial charge in [-0.2, -0.15) is 0 Å². The van der Waals surface area contributed by atoms with E-state index in [9.17, 15) is 4.39 Å². The van der Waals surface area contributed by atoms with Crippen molar-refractivity contribution in [1.82, 2.24) is 0 Å². The van der Waals surface area contributed by atoms with Crippen LogP contribution in [0, 0.1) is 12.7 Å². The van der Waals surface area contributed by atoms with Gasteiger partial charge < -0.3 is 10.1 Å². The van der Waals surface area contributed by atoms with Crippen LogP contribution in [0.2, 0.25) is 5.02 Å². The standard InChI is InChI=1S/C17H19ClFNO/c1-3-14(21-15-6-4-5-12(2)9-15)11-20-13-7-8-17(19)16(18)10-13/h4-10,14,20H,3,11H2,1-2H3. The topological polar surface area (TPSA) is 21.3 Å². The Balaban J connectivity index is 1.94. The van der Waals surface area contributed by atoms with Gasteiger partial charge in [0, 0.05) is 5.69 Å². The molecular formula is C17H19ClFNO. The minimum absolute atomic E-state index is 0.0376. The molecule has 2 nitrogen and oxygen atoms in total. The number of ether oxygens (including phenoxy) is 1. The van der Waals surface area contributed by atoms with Gasteiger partial charge in [0.1, 0.15) is 17.7 Å². The van der Waals surface area contributed by atoms with Crippen molar-refractivity contribution < 1.29 is 9.13 Å². The molecule has 0 saturated heterocycles. The van der Waals surface area contributed by atoms with Crippen molar-refractivity contribution in [2.45, 2.75) is 26.4 Å². The van der Waals surface area contributed by atoms with Crippen LogP contribution in [0.4, 0.5) is 10.1 Å². The maximum Gasteiger partial charge on any atom is 0.141 e. The third-order valence-corrected chi connectivity index (χ3v) is 3.49. The summed E-state index contributed by atoms with van der Waals surface area (Å²) in [5.41, 5.74) is 1.95.